The molecule has 2 aromatic carbocycles. The van der Waals surface area contributed by atoms with E-state index in [0.29, 0.717) is 32.1 Å². The number of urea groups is 1. The average Bonchev–Trinajstić information content (AvgIpc) is 3.57. The maximum atomic E-state index is 14.2. The third-order valence-corrected chi connectivity index (χ3v) is 10.9. The number of fused-ring (bicyclic) bond motifs is 2. The highest BCUT2D eigenvalue weighted by Gasteiger charge is 2.36. The molecule has 0 aliphatic carbocycles. The number of nitrogens with one attached hydrogen (secondary N) is 2. The minimum absolute atomic E-state index is 0.0366. The molecule has 3 aromatic rings. The lowest BCUT2D eigenvalue weighted by Crippen LogP contribution is -2.52. The van der Waals surface area contributed by atoms with Crippen LogP contribution in [-0.2, 0) is 22.6 Å². The van der Waals surface area contributed by atoms with Crippen LogP contribution in [0.5, 0.6) is 0 Å². The molecular weight excluding hydrogens is 578 g/mol. The first-order valence-corrected chi connectivity index (χ1v) is 17.3. The van der Waals surface area contributed by atoms with Crippen molar-refractivity contribution in [2.24, 2.45) is 5.92 Å². The number of aromatic nitrogens is 2. The molecule has 0 spiro atoms. The largest absolute Gasteiger partial charge is 0.343 e. The highest BCUT2D eigenvalue weighted by molar-refractivity contribution is 5.92. The first kappa shape index (κ1) is 30.7. The fourth-order valence-electron chi connectivity index (χ4n) is 8.24. The van der Waals surface area contributed by atoms with Gasteiger partial charge in [0.2, 0.25) is 11.8 Å². The van der Waals surface area contributed by atoms with Crippen molar-refractivity contribution in [3.63, 3.8) is 0 Å². The number of nitrogens with zero attached hydrogens (tertiary/aromatic N) is 5. The Hall–Kier alpha value is -3.92. The van der Waals surface area contributed by atoms with Crippen LogP contribution in [0.1, 0.15) is 68.1 Å². The third-order valence-electron chi connectivity index (χ3n) is 10.9. The molecule has 46 heavy (non-hydrogen) atoms. The molecule has 2 N–H and O–H groups in total. The molecule has 0 radical (unpaired) electrons. The smallest absolute Gasteiger partial charge is 0.322 e. The normalized spacial score (nSPS) is 20.9. The number of amides is 4. The molecule has 244 valence electrons. The van der Waals surface area contributed by atoms with Gasteiger partial charge in [-0.25, -0.2) is 4.79 Å². The van der Waals surface area contributed by atoms with E-state index in [4.69, 9.17) is 0 Å². The Morgan fingerprint density at radius 1 is 0.913 bits per heavy atom. The van der Waals surface area contributed by atoms with Gasteiger partial charge in [0, 0.05) is 62.3 Å². The van der Waals surface area contributed by atoms with Gasteiger partial charge in [0.15, 0.2) is 0 Å². The van der Waals surface area contributed by atoms with Crippen molar-refractivity contribution >= 4 is 34.4 Å². The molecule has 7 rings (SSSR count). The monoisotopic (exact) mass is 625 g/mol. The second-order valence-electron chi connectivity index (χ2n) is 13.8. The molecular formula is C36H47N7O3. The van der Waals surface area contributed by atoms with Crippen LogP contribution in [0.2, 0.25) is 0 Å². The first-order chi connectivity index (χ1) is 22.4. The summed E-state index contributed by atoms with van der Waals surface area (Å²) < 4.78 is 0. The van der Waals surface area contributed by atoms with E-state index in [1.54, 1.807) is 0 Å². The van der Waals surface area contributed by atoms with Gasteiger partial charge < -0.3 is 24.9 Å². The van der Waals surface area contributed by atoms with Crippen LogP contribution in [0.3, 0.4) is 0 Å². The maximum absolute atomic E-state index is 14.2. The van der Waals surface area contributed by atoms with Crippen molar-refractivity contribution in [1.29, 1.82) is 0 Å². The van der Waals surface area contributed by atoms with Crippen LogP contribution < -0.4 is 5.32 Å². The van der Waals surface area contributed by atoms with Crippen molar-refractivity contribution in [1.82, 2.24) is 29.8 Å². The summed E-state index contributed by atoms with van der Waals surface area (Å²) in [6.07, 6.45) is 9.93. The second-order valence-corrected chi connectivity index (χ2v) is 13.8. The van der Waals surface area contributed by atoms with E-state index in [0.717, 1.165) is 72.1 Å². The van der Waals surface area contributed by atoms with Crippen LogP contribution in [-0.4, -0.2) is 99.0 Å². The number of rotatable bonds is 7. The minimum atomic E-state index is -0.412. The summed E-state index contributed by atoms with van der Waals surface area (Å²) >= 11 is 0. The lowest BCUT2D eigenvalue weighted by atomic mass is 9.90. The number of benzene rings is 2. The van der Waals surface area contributed by atoms with E-state index in [1.165, 1.54) is 32.4 Å². The zero-order valence-electron chi connectivity index (χ0n) is 27.0. The molecule has 4 aliphatic rings. The standard InChI is InChI=1S/C36H47N7O3/c1-25-19-26(21-29-23-37-39-34(25)29)20-28(35(45)42-17-9-30(10-18-42)40-13-5-2-6-14-40)22-33(44)41-15-11-31(12-16-41)43-24-27-7-3-4-8-32(27)38-36(43)46/h3-4,7-8,19,21,23,28,30-31H,2,5-6,9-18,20,22,24H2,1H3,(H,37,39)(H,38,46). The zero-order chi connectivity index (χ0) is 31.6. The Morgan fingerprint density at radius 2 is 1.63 bits per heavy atom. The summed E-state index contributed by atoms with van der Waals surface area (Å²) in [7, 11) is 0. The lowest BCUT2D eigenvalue weighted by Gasteiger charge is -2.41. The summed E-state index contributed by atoms with van der Waals surface area (Å²) in [6.45, 7) is 7.72. The molecule has 4 amide bonds. The number of para-hydroxylation sites is 1. The number of carbonyl (C=O) groups is 3. The predicted octanol–water partition coefficient (Wildman–Crippen LogP) is 4.94. The Balaban J connectivity index is 1.01. The van der Waals surface area contributed by atoms with Crippen molar-refractivity contribution in [3.05, 3.63) is 59.3 Å². The van der Waals surface area contributed by atoms with Gasteiger partial charge in [-0.05, 0) is 93.8 Å². The predicted molar refractivity (Wildman–Crippen MR) is 178 cm³/mol. The molecule has 4 aliphatic heterocycles. The van der Waals surface area contributed by atoms with E-state index >= 15 is 0 Å². The van der Waals surface area contributed by atoms with Gasteiger partial charge in [0.05, 0.1) is 17.6 Å². The van der Waals surface area contributed by atoms with Crippen LogP contribution in [0.25, 0.3) is 10.9 Å². The Bertz CT molecular complexity index is 1560. The van der Waals surface area contributed by atoms with Crippen molar-refractivity contribution in [3.8, 4) is 0 Å². The molecule has 1 atom stereocenters. The van der Waals surface area contributed by atoms with Gasteiger partial charge >= 0.3 is 6.03 Å². The minimum Gasteiger partial charge on any atom is -0.343 e. The van der Waals surface area contributed by atoms with Crippen molar-refractivity contribution in [2.75, 3.05) is 44.6 Å². The molecule has 0 saturated carbocycles. The number of H-pyrrole nitrogens is 1. The second kappa shape index (κ2) is 13.4. The number of aryl methyl sites for hydroxylation is 1. The van der Waals surface area contributed by atoms with E-state index in [-0.39, 0.29) is 30.3 Å². The van der Waals surface area contributed by atoms with Gasteiger partial charge in [0.1, 0.15) is 0 Å². The number of carbonyl (C=O) groups excluding carboxylic acids is 3. The maximum Gasteiger partial charge on any atom is 0.322 e. The van der Waals surface area contributed by atoms with Crippen LogP contribution >= 0.6 is 0 Å². The zero-order valence-corrected chi connectivity index (χ0v) is 27.0. The molecule has 3 saturated heterocycles. The van der Waals surface area contributed by atoms with Crippen molar-refractivity contribution < 1.29 is 14.4 Å². The van der Waals surface area contributed by atoms with Gasteiger partial charge in [-0.15, -0.1) is 0 Å². The number of anilines is 1. The van der Waals surface area contributed by atoms with Crippen LogP contribution in [0.15, 0.2) is 42.6 Å². The van der Waals surface area contributed by atoms with Gasteiger partial charge in [-0.2, -0.15) is 5.10 Å². The number of hydrogen-bond donors (Lipinski definition) is 2. The lowest BCUT2D eigenvalue weighted by molar-refractivity contribution is -0.143. The molecule has 10 nitrogen and oxygen atoms in total. The van der Waals surface area contributed by atoms with E-state index in [9.17, 15) is 14.4 Å². The summed E-state index contributed by atoms with van der Waals surface area (Å²) in [6, 6.07) is 12.7. The number of piperidine rings is 3. The molecule has 1 aromatic heterocycles. The van der Waals surface area contributed by atoms with E-state index < -0.39 is 5.92 Å². The Morgan fingerprint density at radius 3 is 2.41 bits per heavy atom. The van der Waals surface area contributed by atoms with Crippen molar-refractivity contribution in [2.45, 2.75) is 83.3 Å². The molecule has 3 fully saturated rings. The Labute approximate surface area is 271 Å². The highest BCUT2D eigenvalue weighted by Crippen LogP contribution is 2.30. The summed E-state index contributed by atoms with van der Waals surface area (Å²) in [5.41, 5.74) is 5.17. The van der Waals surface area contributed by atoms with Gasteiger partial charge in [0.25, 0.3) is 0 Å². The Kier molecular flexibility index (Phi) is 8.97. The quantitative estimate of drug-likeness (QED) is 0.387. The SMILES string of the molecule is Cc1cc(CC(CC(=O)N2CCC(N3Cc4ccccc4NC3=O)CC2)C(=O)N2CCC(N3CCCCC3)CC2)cc2cn[nH]c12. The molecule has 5 heterocycles. The highest BCUT2D eigenvalue weighted by atomic mass is 16.2. The summed E-state index contributed by atoms with van der Waals surface area (Å²) in [5, 5.41) is 11.3. The van der Waals surface area contributed by atoms with Gasteiger partial charge in [-0.1, -0.05) is 30.7 Å². The number of aromatic amines is 1. The molecule has 0 bridgehead atoms. The average molecular weight is 626 g/mol. The fourth-order valence-corrected chi connectivity index (χ4v) is 8.24. The van der Waals surface area contributed by atoms with Crippen LogP contribution in [0, 0.1) is 12.8 Å². The number of likely N-dealkylation sites (tertiary alicyclic amines) is 3. The topological polar surface area (TPSA) is 105 Å². The first-order valence-electron chi connectivity index (χ1n) is 17.3. The third kappa shape index (κ3) is 6.49. The molecule has 1 unspecified atom stereocenters. The van der Waals surface area contributed by atoms with Gasteiger partial charge in [-0.3, -0.25) is 14.7 Å². The van der Waals surface area contributed by atoms with E-state index in [2.05, 4.69) is 45.5 Å². The van der Waals surface area contributed by atoms with Crippen LogP contribution in [0.4, 0.5) is 10.5 Å². The van der Waals surface area contributed by atoms with E-state index in [1.807, 2.05) is 39.1 Å². The summed E-state index contributed by atoms with van der Waals surface area (Å²) in [5.74, 6) is -0.270. The summed E-state index contributed by atoms with van der Waals surface area (Å²) in [4.78, 5) is 49.4. The molecule has 10 heteroatoms. The fraction of sp³-hybridized carbons (Fsp3) is 0.556. The number of hydrogen-bond acceptors (Lipinski definition) is 5.